The molecule has 0 aliphatic carbocycles. The summed E-state index contributed by atoms with van der Waals surface area (Å²) < 4.78 is 11.2. The minimum atomic E-state index is -0.632. The first-order valence-electron chi connectivity index (χ1n) is 7.85. The SMILES string of the molecule is CCOc1cc(OCC)c(C(O)CN2CCNCC2)cc1Cl. The van der Waals surface area contributed by atoms with Gasteiger partial charge in [0.2, 0.25) is 0 Å². The second-order valence-electron chi connectivity index (χ2n) is 5.25. The Balaban J connectivity index is 2.17. The zero-order chi connectivity index (χ0) is 15.9. The number of β-amino-alcohol motifs (C(OH)–C–C–N with tert-alkyl or cyclic N) is 1. The largest absolute Gasteiger partial charge is 0.493 e. The Morgan fingerprint density at radius 3 is 2.45 bits per heavy atom. The van der Waals surface area contributed by atoms with Gasteiger partial charge >= 0.3 is 0 Å². The van der Waals surface area contributed by atoms with Gasteiger partial charge in [-0.15, -0.1) is 0 Å². The van der Waals surface area contributed by atoms with Gasteiger partial charge in [-0.2, -0.15) is 0 Å². The Bertz CT molecular complexity index is 479. The van der Waals surface area contributed by atoms with Gasteiger partial charge in [0.15, 0.2) is 0 Å². The number of aliphatic hydroxyl groups excluding tert-OH is 1. The standard InChI is InChI=1S/C16H25ClN2O3/c1-3-21-15-10-16(22-4-2)13(17)9-12(15)14(20)11-19-7-5-18-6-8-19/h9-10,14,18,20H,3-8,11H2,1-2H3. The number of hydrogen-bond acceptors (Lipinski definition) is 5. The molecule has 0 spiro atoms. The molecule has 6 heteroatoms. The van der Waals surface area contributed by atoms with Crippen molar-refractivity contribution in [2.24, 2.45) is 0 Å². The topological polar surface area (TPSA) is 54.0 Å². The predicted octanol–water partition coefficient (Wildman–Crippen LogP) is 2.08. The van der Waals surface area contributed by atoms with E-state index in [0.29, 0.717) is 41.8 Å². The Kier molecular flexibility index (Phi) is 6.76. The van der Waals surface area contributed by atoms with Crippen LogP contribution in [-0.2, 0) is 0 Å². The van der Waals surface area contributed by atoms with E-state index in [-0.39, 0.29) is 0 Å². The number of nitrogens with one attached hydrogen (secondary N) is 1. The van der Waals surface area contributed by atoms with Crippen LogP contribution in [0.3, 0.4) is 0 Å². The molecule has 1 aliphatic heterocycles. The van der Waals surface area contributed by atoms with E-state index >= 15 is 0 Å². The van der Waals surface area contributed by atoms with Crippen molar-refractivity contribution in [3.05, 3.63) is 22.7 Å². The maximum absolute atomic E-state index is 10.6. The van der Waals surface area contributed by atoms with Gasteiger partial charge in [0.05, 0.1) is 24.3 Å². The summed E-state index contributed by atoms with van der Waals surface area (Å²) in [4.78, 5) is 2.24. The summed E-state index contributed by atoms with van der Waals surface area (Å²) in [5.74, 6) is 1.23. The molecule has 1 unspecified atom stereocenters. The van der Waals surface area contributed by atoms with E-state index in [9.17, 15) is 5.11 Å². The number of ether oxygens (including phenoxy) is 2. The molecule has 2 rings (SSSR count). The Morgan fingerprint density at radius 1 is 1.18 bits per heavy atom. The summed E-state index contributed by atoms with van der Waals surface area (Å²) in [7, 11) is 0. The van der Waals surface area contributed by atoms with E-state index in [1.54, 1.807) is 12.1 Å². The molecule has 1 aromatic carbocycles. The average molecular weight is 329 g/mol. The van der Waals surface area contributed by atoms with Crippen LogP contribution in [0.1, 0.15) is 25.5 Å². The molecule has 22 heavy (non-hydrogen) atoms. The molecule has 1 atom stereocenters. The summed E-state index contributed by atoms with van der Waals surface area (Å²) in [6.45, 7) is 9.24. The number of halogens is 1. The van der Waals surface area contributed by atoms with Crippen molar-refractivity contribution in [2.45, 2.75) is 20.0 Å². The third kappa shape index (κ3) is 4.49. The highest BCUT2D eigenvalue weighted by Gasteiger charge is 2.21. The molecular formula is C16H25ClN2O3. The number of piperazine rings is 1. The second kappa shape index (κ2) is 8.58. The first-order valence-corrected chi connectivity index (χ1v) is 8.23. The fourth-order valence-corrected chi connectivity index (χ4v) is 2.82. The van der Waals surface area contributed by atoms with Crippen LogP contribution in [0.15, 0.2) is 12.1 Å². The van der Waals surface area contributed by atoms with E-state index in [4.69, 9.17) is 21.1 Å². The smallest absolute Gasteiger partial charge is 0.141 e. The third-order valence-corrected chi connectivity index (χ3v) is 3.96. The molecule has 1 aliphatic rings. The lowest BCUT2D eigenvalue weighted by Crippen LogP contribution is -2.45. The van der Waals surface area contributed by atoms with Crippen LogP contribution in [0.4, 0.5) is 0 Å². The van der Waals surface area contributed by atoms with Crippen molar-refractivity contribution in [3.8, 4) is 11.5 Å². The Hall–Kier alpha value is -1.01. The van der Waals surface area contributed by atoms with E-state index in [2.05, 4.69) is 10.2 Å². The van der Waals surface area contributed by atoms with Crippen LogP contribution < -0.4 is 14.8 Å². The molecule has 0 amide bonds. The number of benzene rings is 1. The van der Waals surface area contributed by atoms with E-state index in [1.165, 1.54) is 0 Å². The van der Waals surface area contributed by atoms with Gasteiger partial charge in [0.1, 0.15) is 11.5 Å². The van der Waals surface area contributed by atoms with Gasteiger partial charge < -0.3 is 19.9 Å². The van der Waals surface area contributed by atoms with Crippen LogP contribution in [0.25, 0.3) is 0 Å². The van der Waals surface area contributed by atoms with Crippen LogP contribution in [0.5, 0.6) is 11.5 Å². The zero-order valence-corrected chi connectivity index (χ0v) is 14.0. The molecule has 0 bridgehead atoms. The maximum Gasteiger partial charge on any atom is 0.141 e. The Morgan fingerprint density at radius 2 is 1.82 bits per heavy atom. The summed E-state index contributed by atoms with van der Waals surface area (Å²) in [5, 5.41) is 14.4. The molecule has 1 heterocycles. The molecule has 2 N–H and O–H groups in total. The Labute approximate surface area is 137 Å². The summed E-state index contributed by atoms with van der Waals surface area (Å²) in [6, 6.07) is 3.52. The minimum absolute atomic E-state index is 0.500. The first-order chi connectivity index (χ1) is 10.7. The van der Waals surface area contributed by atoms with Crippen molar-refractivity contribution >= 4 is 11.6 Å². The monoisotopic (exact) mass is 328 g/mol. The quantitative estimate of drug-likeness (QED) is 0.802. The number of rotatable bonds is 7. The molecule has 0 aromatic heterocycles. The van der Waals surface area contributed by atoms with Gasteiger partial charge in [-0.05, 0) is 19.9 Å². The van der Waals surface area contributed by atoms with Crippen LogP contribution in [-0.4, -0.2) is 55.9 Å². The normalized spacial score (nSPS) is 17.3. The van der Waals surface area contributed by atoms with Crippen LogP contribution in [0, 0.1) is 0 Å². The molecule has 1 aromatic rings. The highest BCUT2D eigenvalue weighted by atomic mass is 35.5. The van der Waals surface area contributed by atoms with Gasteiger partial charge in [-0.3, -0.25) is 4.90 Å². The number of nitrogens with zero attached hydrogens (tertiary/aromatic N) is 1. The van der Waals surface area contributed by atoms with Gasteiger partial charge in [0.25, 0.3) is 0 Å². The fraction of sp³-hybridized carbons (Fsp3) is 0.625. The minimum Gasteiger partial charge on any atom is -0.493 e. The number of aliphatic hydroxyl groups is 1. The maximum atomic E-state index is 10.6. The van der Waals surface area contributed by atoms with E-state index in [1.807, 2.05) is 13.8 Å². The van der Waals surface area contributed by atoms with Crippen molar-refractivity contribution in [1.29, 1.82) is 0 Å². The lowest BCUT2D eigenvalue weighted by Gasteiger charge is -2.29. The van der Waals surface area contributed by atoms with Crippen molar-refractivity contribution in [3.63, 3.8) is 0 Å². The van der Waals surface area contributed by atoms with Crippen molar-refractivity contribution in [1.82, 2.24) is 10.2 Å². The molecule has 1 fully saturated rings. The highest BCUT2D eigenvalue weighted by Crippen LogP contribution is 2.36. The fourth-order valence-electron chi connectivity index (χ4n) is 2.59. The lowest BCUT2D eigenvalue weighted by molar-refractivity contribution is 0.103. The molecule has 0 radical (unpaired) electrons. The van der Waals surface area contributed by atoms with Gasteiger partial charge in [-0.1, -0.05) is 11.6 Å². The molecule has 124 valence electrons. The molecule has 0 saturated carbocycles. The lowest BCUT2D eigenvalue weighted by atomic mass is 10.1. The van der Waals surface area contributed by atoms with Crippen LogP contribution >= 0.6 is 11.6 Å². The van der Waals surface area contributed by atoms with Crippen molar-refractivity contribution < 1.29 is 14.6 Å². The highest BCUT2D eigenvalue weighted by molar-refractivity contribution is 6.32. The van der Waals surface area contributed by atoms with Gasteiger partial charge in [0, 0.05) is 44.4 Å². The van der Waals surface area contributed by atoms with Crippen molar-refractivity contribution in [2.75, 3.05) is 45.9 Å². The zero-order valence-electron chi connectivity index (χ0n) is 13.3. The molecule has 5 nitrogen and oxygen atoms in total. The summed E-state index contributed by atoms with van der Waals surface area (Å²) in [6.07, 6.45) is -0.632. The first kappa shape index (κ1) is 17.3. The van der Waals surface area contributed by atoms with Gasteiger partial charge in [-0.25, -0.2) is 0 Å². The summed E-state index contributed by atoms with van der Waals surface area (Å²) >= 11 is 6.25. The predicted molar refractivity (Wildman–Crippen MR) is 88.1 cm³/mol. The van der Waals surface area contributed by atoms with Crippen LogP contribution in [0.2, 0.25) is 5.02 Å². The molecule has 1 saturated heterocycles. The third-order valence-electron chi connectivity index (χ3n) is 3.66. The average Bonchev–Trinajstić information content (AvgIpc) is 2.51. The van der Waals surface area contributed by atoms with E-state index < -0.39 is 6.10 Å². The number of hydrogen-bond donors (Lipinski definition) is 2. The summed E-state index contributed by atoms with van der Waals surface area (Å²) in [5.41, 5.74) is 0.717. The molecular weight excluding hydrogens is 304 g/mol. The van der Waals surface area contributed by atoms with E-state index in [0.717, 1.165) is 26.2 Å². The second-order valence-corrected chi connectivity index (χ2v) is 5.66.